The molecule has 0 bridgehead atoms. The summed E-state index contributed by atoms with van der Waals surface area (Å²) in [6.45, 7) is 2.49. The van der Waals surface area contributed by atoms with Crippen molar-refractivity contribution in [3.63, 3.8) is 0 Å². The van der Waals surface area contributed by atoms with Gasteiger partial charge in [-0.2, -0.15) is 0 Å². The molecule has 0 radical (unpaired) electrons. The van der Waals surface area contributed by atoms with Crippen LogP contribution in [0, 0.1) is 6.92 Å². The van der Waals surface area contributed by atoms with Gasteiger partial charge in [0.2, 0.25) is 0 Å². The Morgan fingerprint density at radius 3 is 2.41 bits per heavy atom. The highest BCUT2D eigenvalue weighted by Crippen LogP contribution is 2.16. The van der Waals surface area contributed by atoms with Crippen LogP contribution >= 0.6 is 0 Å². The smallest absolute Gasteiger partial charge is 0.258 e. The summed E-state index contributed by atoms with van der Waals surface area (Å²) in [4.78, 5) is 13.9. The molecule has 0 saturated heterocycles. The van der Waals surface area contributed by atoms with Gasteiger partial charge in [0.15, 0.2) is 6.61 Å². The highest BCUT2D eigenvalue weighted by Gasteiger charge is 2.04. The minimum atomic E-state index is -0.125. The maximum absolute atomic E-state index is 11.8. The molecule has 0 aliphatic carbocycles. The van der Waals surface area contributed by atoms with Crippen molar-refractivity contribution in [2.45, 2.75) is 13.5 Å². The van der Waals surface area contributed by atoms with Gasteiger partial charge in [0, 0.05) is 26.3 Å². The highest BCUT2D eigenvalue weighted by atomic mass is 16.5. The monoisotopic (exact) mass is 298 g/mol. The van der Waals surface area contributed by atoms with Gasteiger partial charge in [-0.15, -0.1) is 0 Å². The third-order valence-electron chi connectivity index (χ3n) is 3.39. The molecule has 116 valence electrons. The molecule has 0 spiro atoms. The van der Waals surface area contributed by atoms with E-state index in [0.29, 0.717) is 6.54 Å². The number of rotatable bonds is 6. The van der Waals surface area contributed by atoms with Crippen molar-refractivity contribution in [2.75, 3.05) is 25.6 Å². The van der Waals surface area contributed by atoms with E-state index in [1.165, 1.54) is 0 Å². The largest absolute Gasteiger partial charge is 0.484 e. The number of para-hydroxylation sites is 1. The number of carbonyl (C=O) groups excluding carboxylic acids is 1. The summed E-state index contributed by atoms with van der Waals surface area (Å²) in [5.74, 6) is 0.618. The number of carbonyl (C=O) groups is 1. The van der Waals surface area contributed by atoms with Crippen LogP contribution in [0.3, 0.4) is 0 Å². The molecular weight excluding hydrogens is 276 g/mol. The first-order valence-electron chi connectivity index (χ1n) is 7.27. The van der Waals surface area contributed by atoms with Crippen molar-refractivity contribution < 1.29 is 9.53 Å². The van der Waals surface area contributed by atoms with Crippen LogP contribution < -0.4 is 15.0 Å². The van der Waals surface area contributed by atoms with Crippen LogP contribution in [0.25, 0.3) is 0 Å². The average Bonchev–Trinajstić information content (AvgIpc) is 2.52. The van der Waals surface area contributed by atoms with Gasteiger partial charge in [0.05, 0.1) is 0 Å². The quantitative estimate of drug-likeness (QED) is 0.891. The Kier molecular flexibility index (Phi) is 5.42. The molecule has 0 unspecified atom stereocenters. The lowest BCUT2D eigenvalue weighted by Gasteiger charge is -2.13. The second kappa shape index (κ2) is 7.50. The number of hydrogen-bond donors (Lipinski definition) is 1. The van der Waals surface area contributed by atoms with Crippen LogP contribution in [0.4, 0.5) is 5.69 Å². The summed E-state index contributed by atoms with van der Waals surface area (Å²) in [7, 11) is 4.00. The van der Waals surface area contributed by atoms with E-state index in [2.05, 4.69) is 5.32 Å². The molecule has 0 aliphatic rings. The number of benzene rings is 2. The molecule has 0 heterocycles. The lowest BCUT2D eigenvalue weighted by molar-refractivity contribution is -0.123. The van der Waals surface area contributed by atoms with Gasteiger partial charge in [-0.3, -0.25) is 4.79 Å². The molecule has 2 aromatic carbocycles. The van der Waals surface area contributed by atoms with Crippen molar-refractivity contribution in [3.8, 4) is 5.75 Å². The lowest BCUT2D eigenvalue weighted by Crippen LogP contribution is -2.28. The number of nitrogens with one attached hydrogen (secondary N) is 1. The Hall–Kier alpha value is -2.49. The van der Waals surface area contributed by atoms with E-state index in [1.807, 2.05) is 74.4 Å². The van der Waals surface area contributed by atoms with E-state index >= 15 is 0 Å². The van der Waals surface area contributed by atoms with Crippen LogP contribution in [0.15, 0.2) is 48.5 Å². The van der Waals surface area contributed by atoms with E-state index in [0.717, 1.165) is 22.6 Å². The molecule has 0 atom stereocenters. The molecule has 0 saturated carbocycles. The number of anilines is 1. The summed E-state index contributed by atoms with van der Waals surface area (Å²) >= 11 is 0. The average molecular weight is 298 g/mol. The van der Waals surface area contributed by atoms with Gasteiger partial charge in [0.25, 0.3) is 5.91 Å². The van der Waals surface area contributed by atoms with Gasteiger partial charge in [-0.1, -0.05) is 30.3 Å². The second-order valence-corrected chi connectivity index (χ2v) is 5.39. The van der Waals surface area contributed by atoms with E-state index in [1.54, 1.807) is 0 Å². The van der Waals surface area contributed by atoms with Gasteiger partial charge in [0.1, 0.15) is 5.75 Å². The van der Waals surface area contributed by atoms with Crippen LogP contribution in [0.1, 0.15) is 11.1 Å². The Morgan fingerprint density at radius 1 is 1.09 bits per heavy atom. The molecule has 0 aromatic heterocycles. The zero-order valence-electron chi connectivity index (χ0n) is 13.3. The minimum absolute atomic E-state index is 0.0284. The lowest BCUT2D eigenvalue weighted by atomic mass is 10.2. The van der Waals surface area contributed by atoms with E-state index in [-0.39, 0.29) is 12.5 Å². The van der Waals surface area contributed by atoms with Crippen molar-refractivity contribution >= 4 is 11.6 Å². The van der Waals surface area contributed by atoms with Crippen molar-refractivity contribution in [3.05, 3.63) is 59.7 Å². The third-order valence-corrected chi connectivity index (χ3v) is 3.39. The fourth-order valence-corrected chi connectivity index (χ4v) is 2.03. The molecule has 0 aliphatic heterocycles. The molecular formula is C18H22N2O2. The Labute approximate surface area is 131 Å². The topological polar surface area (TPSA) is 41.6 Å². The first kappa shape index (κ1) is 15.9. The first-order chi connectivity index (χ1) is 10.6. The standard InChI is InChI=1S/C18H22N2O2/c1-14-6-4-5-7-17(14)22-13-18(21)19-12-15-8-10-16(11-9-15)20(2)3/h4-11H,12-13H2,1-3H3,(H,19,21). The molecule has 0 fully saturated rings. The highest BCUT2D eigenvalue weighted by molar-refractivity contribution is 5.77. The minimum Gasteiger partial charge on any atom is -0.484 e. The fourth-order valence-electron chi connectivity index (χ4n) is 2.03. The predicted octanol–water partition coefficient (Wildman–Crippen LogP) is 2.76. The van der Waals surface area contributed by atoms with E-state index in [4.69, 9.17) is 4.74 Å². The Balaban J connectivity index is 1.79. The van der Waals surface area contributed by atoms with Crippen molar-refractivity contribution in [1.82, 2.24) is 5.32 Å². The maximum Gasteiger partial charge on any atom is 0.258 e. The Morgan fingerprint density at radius 2 is 1.77 bits per heavy atom. The number of nitrogens with zero attached hydrogens (tertiary/aromatic N) is 1. The zero-order valence-corrected chi connectivity index (χ0v) is 13.3. The summed E-state index contributed by atoms with van der Waals surface area (Å²) in [5.41, 5.74) is 3.22. The number of hydrogen-bond acceptors (Lipinski definition) is 3. The second-order valence-electron chi connectivity index (χ2n) is 5.39. The van der Waals surface area contributed by atoms with Gasteiger partial charge in [-0.25, -0.2) is 0 Å². The zero-order chi connectivity index (χ0) is 15.9. The normalized spacial score (nSPS) is 10.1. The van der Waals surface area contributed by atoms with E-state index in [9.17, 15) is 4.79 Å². The van der Waals surface area contributed by atoms with Crippen LogP contribution in [0.5, 0.6) is 5.75 Å². The predicted molar refractivity (Wildman–Crippen MR) is 89.3 cm³/mol. The maximum atomic E-state index is 11.8. The van der Waals surface area contributed by atoms with Crippen molar-refractivity contribution in [1.29, 1.82) is 0 Å². The third kappa shape index (κ3) is 4.52. The molecule has 4 nitrogen and oxygen atoms in total. The van der Waals surface area contributed by atoms with Gasteiger partial charge >= 0.3 is 0 Å². The number of aryl methyl sites for hydroxylation is 1. The fraction of sp³-hybridized carbons (Fsp3) is 0.278. The van der Waals surface area contributed by atoms with Crippen LogP contribution in [0.2, 0.25) is 0 Å². The van der Waals surface area contributed by atoms with Crippen molar-refractivity contribution in [2.24, 2.45) is 0 Å². The van der Waals surface area contributed by atoms with Gasteiger partial charge in [-0.05, 0) is 36.2 Å². The molecule has 2 rings (SSSR count). The van der Waals surface area contributed by atoms with Crippen LogP contribution in [-0.2, 0) is 11.3 Å². The molecule has 2 aromatic rings. The Bertz CT molecular complexity index is 621. The first-order valence-corrected chi connectivity index (χ1v) is 7.27. The summed E-state index contributed by atoms with van der Waals surface area (Å²) < 4.78 is 5.52. The van der Waals surface area contributed by atoms with Crippen LogP contribution in [-0.4, -0.2) is 26.6 Å². The van der Waals surface area contributed by atoms with E-state index < -0.39 is 0 Å². The number of amides is 1. The molecule has 1 N–H and O–H groups in total. The molecule has 1 amide bonds. The molecule has 22 heavy (non-hydrogen) atoms. The number of ether oxygens (including phenoxy) is 1. The summed E-state index contributed by atoms with van der Waals surface area (Å²) in [6.07, 6.45) is 0. The molecule has 4 heteroatoms. The van der Waals surface area contributed by atoms with Gasteiger partial charge < -0.3 is 15.0 Å². The SMILES string of the molecule is Cc1ccccc1OCC(=O)NCc1ccc(N(C)C)cc1. The summed E-state index contributed by atoms with van der Waals surface area (Å²) in [6, 6.07) is 15.8. The summed E-state index contributed by atoms with van der Waals surface area (Å²) in [5, 5.41) is 2.86.